The van der Waals surface area contributed by atoms with E-state index in [0.29, 0.717) is 5.69 Å². The minimum atomic E-state index is -0.845. The van der Waals surface area contributed by atoms with E-state index in [9.17, 15) is 18.8 Å². The fraction of sp³-hybridized carbons (Fsp3) is 0.294. The van der Waals surface area contributed by atoms with Gasteiger partial charge in [0.05, 0.1) is 11.4 Å². The summed E-state index contributed by atoms with van der Waals surface area (Å²) in [6.45, 7) is 4.01. The first-order valence-electron chi connectivity index (χ1n) is 8.60. The Balaban J connectivity index is 1.85. The number of nitrogens with two attached hydrogens (primary N) is 1. The van der Waals surface area contributed by atoms with Gasteiger partial charge in [-0.2, -0.15) is 4.68 Å². The quantitative estimate of drug-likeness (QED) is 0.424. The number of thioether (sulfide) groups is 1. The van der Waals surface area contributed by atoms with Crippen LogP contribution in [0.25, 0.3) is 5.69 Å². The number of anilines is 1. The van der Waals surface area contributed by atoms with E-state index in [1.807, 2.05) is 13.8 Å². The number of tetrazole rings is 1. The number of carbonyl (C=O) groups is 1. The Morgan fingerprint density at radius 3 is 2.79 bits per heavy atom. The van der Waals surface area contributed by atoms with E-state index < -0.39 is 22.8 Å². The summed E-state index contributed by atoms with van der Waals surface area (Å²) in [5.41, 5.74) is 4.53. The molecule has 3 rings (SSSR count). The maximum absolute atomic E-state index is 13.5. The Kier molecular flexibility index (Phi) is 5.92. The Labute approximate surface area is 167 Å². The molecule has 152 valence electrons. The molecule has 29 heavy (non-hydrogen) atoms. The first-order chi connectivity index (χ1) is 13.8. The standard InChI is InChI=1S/C17H18FN7O3S/c1-9(2)7-24-14(19)13(15(27)20-16(24)28)12(26)8-29-17-21-22-23-25(17)11-5-3-4-10(18)6-11/h3-6,9H,7-8,19H2,1-2H3,(H,20,27,28). The minimum absolute atomic E-state index is 0.0779. The van der Waals surface area contributed by atoms with Crippen molar-refractivity contribution in [2.75, 3.05) is 11.5 Å². The van der Waals surface area contributed by atoms with E-state index in [-0.39, 0.29) is 34.8 Å². The second-order valence-electron chi connectivity index (χ2n) is 6.59. The molecule has 2 heterocycles. The van der Waals surface area contributed by atoms with Crippen LogP contribution in [0.15, 0.2) is 39.0 Å². The summed E-state index contributed by atoms with van der Waals surface area (Å²) < 4.78 is 15.9. The van der Waals surface area contributed by atoms with Crippen LogP contribution in [0.2, 0.25) is 0 Å². The third kappa shape index (κ3) is 4.42. The lowest BCUT2D eigenvalue weighted by molar-refractivity contribution is 0.102. The van der Waals surface area contributed by atoms with Crippen LogP contribution in [-0.4, -0.2) is 41.3 Å². The summed E-state index contributed by atoms with van der Waals surface area (Å²) in [6, 6.07) is 5.64. The van der Waals surface area contributed by atoms with Crippen molar-refractivity contribution in [2.24, 2.45) is 5.92 Å². The molecule has 10 nitrogen and oxygen atoms in total. The van der Waals surface area contributed by atoms with Crippen LogP contribution in [0, 0.1) is 11.7 Å². The second kappa shape index (κ2) is 8.39. The normalized spacial score (nSPS) is 11.2. The third-order valence-electron chi connectivity index (χ3n) is 3.89. The summed E-state index contributed by atoms with van der Waals surface area (Å²) in [5, 5.41) is 11.4. The van der Waals surface area contributed by atoms with Crippen molar-refractivity contribution in [1.82, 2.24) is 29.8 Å². The summed E-state index contributed by atoms with van der Waals surface area (Å²) in [5.74, 6) is -1.35. The van der Waals surface area contributed by atoms with Crippen LogP contribution >= 0.6 is 11.8 Å². The van der Waals surface area contributed by atoms with Gasteiger partial charge in [0.25, 0.3) is 5.56 Å². The van der Waals surface area contributed by atoms with E-state index in [4.69, 9.17) is 5.73 Å². The van der Waals surface area contributed by atoms with Gasteiger partial charge in [0.1, 0.15) is 17.2 Å². The Hall–Kier alpha value is -3.28. The molecule has 0 bridgehead atoms. The number of nitrogen functional groups attached to an aromatic ring is 1. The highest BCUT2D eigenvalue weighted by atomic mass is 32.2. The number of H-pyrrole nitrogens is 1. The smallest absolute Gasteiger partial charge is 0.329 e. The number of aromatic amines is 1. The second-order valence-corrected chi connectivity index (χ2v) is 7.53. The molecule has 0 aliphatic heterocycles. The van der Waals surface area contributed by atoms with Gasteiger partial charge in [-0.15, -0.1) is 5.10 Å². The van der Waals surface area contributed by atoms with Crippen molar-refractivity contribution in [3.63, 3.8) is 0 Å². The molecule has 0 radical (unpaired) electrons. The number of nitrogens with one attached hydrogen (secondary N) is 1. The molecule has 0 amide bonds. The first kappa shape index (κ1) is 20.5. The molecule has 0 saturated carbocycles. The SMILES string of the molecule is CC(C)Cn1c(N)c(C(=O)CSc2nnnn2-c2cccc(F)c2)c(=O)[nH]c1=O. The number of hydrogen-bond donors (Lipinski definition) is 2. The maximum atomic E-state index is 13.5. The van der Waals surface area contributed by atoms with Crippen molar-refractivity contribution in [1.29, 1.82) is 0 Å². The molecule has 2 aromatic heterocycles. The third-order valence-corrected chi connectivity index (χ3v) is 4.81. The molecule has 3 N–H and O–H groups in total. The number of Topliss-reactive ketones (excluding diaryl/α,β-unsaturated/α-hetero) is 1. The Morgan fingerprint density at radius 2 is 2.10 bits per heavy atom. The van der Waals surface area contributed by atoms with E-state index in [0.717, 1.165) is 11.8 Å². The van der Waals surface area contributed by atoms with Crippen molar-refractivity contribution in [3.05, 3.63) is 56.5 Å². The van der Waals surface area contributed by atoms with Gasteiger partial charge < -0.3 is 5.73 Å². The zero-order valence-electron chi connectivity index (χ0n) is 15.6. The predicted molar refractivity (Wildman–Crippen MR) is 105 cm³/mol. The average molecular weight is 419 g/mol. The number of rotatable bonds is 7. The van der Waals surface area contributed by atoms with Crippen molar-refractivity contribution < 1.29 is 9.18 Å². The molecule has 0 spiro atoms. The van der Waals surface area contributed by atoms with Gasteiger partial charge in [0, 0.05) is 6.54 Å². The molecular formula is C17H18FN7O3S. The lowest BCUT2D eigenvalue weighted by Crippen LogP contribution is -2.37. The van der Waals surface area contributed by atoms with E-state index in [1.54, 1.807) is 6.07 Å². The van der Waals surface area contributed by atoms with Crippen LogP contribution < -0.4 is 17.0 Å². The molecule has 0 atom stereocenters. The zero-order valence-corrected chi connectivity index (χ0v) is 16.4. The molecular weight excluding hydrogens is 401 g/mol. The van der Waals surface area contributed by atoms with Gasteiger partial charge in [-0.1, -0.05) is 31.7 Å². The highest BCUT2D eigenvalue weighted by Gasteiger charge is 2.21. The Bertz CT molecular complexity index is 1170. The average Bonchev–Trinajstić information content (AvgIpc) is 3.12. The summed E-state index contributed by atoms with van der Waals surface area (Å²) in [4.78, 5) is 38.9. The van der Waals surface area contributed by atoms with Gasteiger partial charge in [-0.05, 0) is 34.5 Å². The summed E-state index contributed by atoms with van der Waals surface area (Å²) in [7, 11) is 0. The van der Waals surface area contributed by atoms with Gasteiger partial charge in [0.2, 0.25) is 5.16 Å². The number of nitrogens with zero attached hydrogens (tertiary/aromatic N) is 5. The number of ketones is 1. The van der Waals surface area contributed by atoms with Crippen molar-refractivity contribution >= 4 is 23.4 Å². The van der Waals surface area contributed by atoms with E-state index in [1.165, 1.54) is 27.4 Å². The highest BCUT2D eigenvalue weighted by Crippen LogP contribution is 2.20. The largest absolute Gasteiger partial charge is 0.384 e. The van der Waals surface area contributed by atoms with E-state index >= 15 is 0 Å². The topological polar surface area (TPSA) is 142 Å². The number of benzene rings is 1. The number of hydrogen-bond acceptors (Lipinski definition) is 8. The maximum Gasteiger partial charge on any atom is 0.329 e. The number of aromatic nitrogens is 6. The molecule has 0 aliphatic carbocycles. The lowest BCUT2D eigenvalue weighted by atomic mass is 10.2. The molecule has 0 fully saturated rings. The molecule has 0 aliphatic rings. The van der Waals surface area contributed by atoms with Crippen molar-refractivity contribution in [2.45, 2.75) is 25.5 Å². The van der Waals surface area contributed by atoms with Crippen molar-refractivity contribution in [3.8, 4) is 5.69 Å². The molecule has 1 aromatic carbocycles. The van der Waals surface area contributed by atoms with Gasteiger partial charge in [-0.3, -0.25) is 19.1 Å². The van der Waals surface area contributed by atoms with Crippen LogP contribution in [-0.2, 0) is 6.54 Å². The van der Waals surface area contributed by atoms with Crippen LogP contribution in [0.3, 0.4) is 0 Å². The predicted octanol–water partition coefficient (Wildman–Crippen LogP) is 0.865. The molecule has 0 saturated heterocycles. The Morgan fingerprint density at radius 1 is 1.34 bits per heavy atom. The van der Waals surface area contributed by atoms with Crippen LogP contribution in [0.5, 0.6) is 0 Å². The fourth-order valence-electron chi connectivity index (χ4n) is 2.64. The van der Waals surface area contributed by atoms with Crippen LogP contribution in [0.1, 0.15) is 24.2 Å². The summed E-state index contributed by atoms with van der Waals surface area (Å²) in [6.07, 6.45) is 0. The molecule has 12 heteroatoms. The number of carbonyl (C=O) groups excluding carboxylic acids is 1. The fourth-order valence-corrected chi connectivity index (χ4v) is 3.41. The summed E-state index contributed by atoms with van der Waals surface area (Å²) >= 11 is 0.958. The molecule has 0 unspecified atom stereocenters. The lowest BCUT2D eigenvalue weighted by Gasteiger charge is -2.13. The monoisotopic (exact) mass is 419 g/mol. The zero-order chi connectivity index (χ0) is 21.1. The molecule has 3 aromatic rings. The van der Waals surface area contributed by atoms with Gasteiger partial charge in [0.15, 0.2) is 5.78 Å². The minimum Gasteiger partial charge on any atom is -0.384 e. The van der Waals surface area contributed by atoms with Gasteiger partial charge in [-0.25, -0.2) is 9.18 Å². The van der Waals surface area contributed by atoms with Gasteiger partial charge >= 0.3 is 5.69 Å². The first-order valence-corrected chi connectivity index (χ1v) is 9.59. The highest BCUT2D eigenvalue weighted by molar-refractivity contribution is 7.99. The van der Waals surface area contributed by atoms with Crippen LogP contribution in [0.4, 0.5) is 10.2 Å². The number of halogens is 1. The van der Waals surface area contributed by atoms with E-state index in [2.05, 4.69) is 20.5 Å².